The largest absolute Gasteiger partial charge is 0.507 e. The van der Waals surface area contributed by atoms with Crippen LogP contribution in [0.3, 0.4) is 0 Å². The highest BCUT2D eigenvalue weighted by Crippen LogP contribution is 2.18. The number of hydrogen-bond acceptors (Lipinski definition) is 4. The summed E-state index contributed by atoms with van der Waals surface area (Å²) in [5, 5.41) is 9.36. The van der Waals surface area contributed by atoms with Gasteiger partial charge in [-0.15, -0.1) is 0 Å². The van der Waals surface area contributed by atoms with Crippen LogP contribution in [0.4, 0.5) is 0 Å². The number of aldehydes is 1. The van der Waals surface area contributed by atoms with Crippen molar-refractivity contribution in [2.75, 3.05) is 6.61 Å². The van der Waals surface area contributed by atoms with E-state index in [1.165, 1.54) is 18.2 Å². The molecule has 0 amide bonds. The summed E-state index contributed by atoms with van der Waals surface area (Å²) < 4.78 is 4.69. The summed E-state index contributed by atoms with van der Waals surface area (Å²) in [6, 6.07) is 4.02. The third-order valence-corrected chi connectivity index (χ3v) is 1.65. The number of hydrogen-bond donors (Lipinski definition) is 1. The molecule has 0 saturated carbocycles. The number of esters is 1. The maximum Gasteiger partial charge on any atom is 0.341 e. The second kappa shape index (κ2) is 4.41. The SMILES string of the molecule is CCOC(=O)c1ccc(C=O)cc1O. The second-order valence-corrected chi connectivity index (χ2v) is 2.61. The predicted molar refractivity (Wildman–Crippen MR) is 49.5 cm³/mol. The minimum atomic E-state index is -0.595. The number of aromatic hydroxyl groups is 1. The van der Waals surface area contributed by atoms with Crippen LogP contribution in [0.15, 0.2) is 18.2 Å². The van der Waals surface area contributed by atoms with Gasteiger partial charge in [0.2, 0.25) is 0 Å². The highest BCUT2D eigenvalue weighted by Gasteiger charge is 2.11. The van der Waals surface area contributed by atoms with E-state index in [9.17, 15) is 14.7 Å². The molecule has 0 bridgehead atoms. The molecule has 0 aliphatic carbocycles. The van der Waals surface area contributed by atoms with Gasteiger partial charge in [-0.1, -0.05) is 6.07 Å². The van der Waals surface area contributed by atoms with E-state index in [0.29, 0.717) is 11.8 Å². The zero-order valence-corrected chi connectivity index (χ0v) is 7.69. The lowest BCUT2D eigenvalue weighted by atomic mass is 10.1. The summed E-state index contributed by atoms with van der Waals surface area (Å²) in [7, 11) is 0. The molecule has 0 spiro atoms. The molecule has 4 nitrogen and oxygen atoms in total. The fourth-order valence-corrected chi connectivity index (χ4v) is 1.00. The van der Waals surface area contributed by atoms with E-state index in [4.69, 9.17) is 4.74 Å². The van der Waals surface area contributed by atoms with Crippen LogP contribution in [0.5, 0.6) is 5.75 Å². The maximum absolute atomic E-state index is 11.2. The third kappa shape index (κ3) is 2.10. The molecule has 1 aromatic rings. The van der Waals surface area contributed by atoms with E-state index in [0.717, 1.165) is 0 Å². The summed E-state index contributed by atoms with van der Waals surface area (Å²) >= 11 is 0. The second-order valence-electron chi connectivity index (χ2n) is 2.61. The van der Waals surface area contributed by atoms with Crippen LogP contribution >= 0.6 is 0 Å². The Morgan fingerprint density at radius 3 is 2.79 bits per heavy atom. The maximum atomic E-state index is 11.2. The summed E-state index contributed by atoms with van der Waals surface area (Å²) in [6.45, 7) is 1.92. The number of phenols is 1. The highest BCUT2D eigenvalue weighted by atomic mass is 16.5. The van der Waals surface area contributed by atoms with E-state index in [-0.39, 0.29) is 17.9 Å². The van der Waals surface area contributed by atoms with Gasteiger partial charge in [-0.25, -0.2) is 4.79 Å². The quantitative estimate of drug-likeness (QED) is 0.583. The highest BCUT2D eigenvalue weighted by molar-refractivity contribution is 5.93. The topological polar surface area (TPSA) is 63.6 Å². The van der Waals surface area contributed by atoms with Crippen LogP contribution in [-0.4, -0.2) is 24.0 Å². The van der Waals surface area contributed by atoms with E-state index in [1.54, 1.807) is 6.92 Å². The summed E-state index contributed by atoms with van der Waals surface area (Å²) in [4.78, 5) is 21.5. The first kappa shape index (κ1) is 10.2. The zero-order valence-electron chi connectivity index (χ0n) is 7.69. The van der Waals surface area contributed by atoms with Crippen molar-refractivity contribution >= 4 is 12.3 Å². The average molecular weight is 194 g/mol. The first-order valence-corrected chi connectivity index (χ1v) is 4.14. The molecule has 0 atom stereocenters. The molecule has 0 aromatic heterocycles. The van der Waals surface area contributed by atoms with Gasteiger partial charge in [-0.05, 0) is 19.1 Å². The molecule has 14 heavy (non-hydrogen) atoms. The van der Waals surface area contributed by atoms with Crippen LogP contribution in [0.2, 0.25) is 0 Å². The molecule has 0 radical (unpaired) electrons. The Bertz CT molecular complexity index is 357. The fourth-order valence-electron chi connectivity index (χ4n) is 1.00. The van der Waals surface area contributed by atoms with E-state index < -0.39 is 5.97 Å². The van der Waals surface area contributed by atoms with Crippen molar-refractivity contribution in [2.24, 2.45) is 0 Å². The minimum Gasteiger partial charge on any atom is -0.507 e. The van der Waals surface area contributed by atoms with Gasteiger partial charge in [0.15, 0.2) is 0 Å². The lowest BCUT2D eigenvalue weighted by molar-refractivity contribution is 0.0523. The van der Waals surface area contributed by atoms with Crippen molar-refractivity contribution < 1.29 is 19.4 Å². The molecule has 4 heteroatoms. The lowest BCUT2D eigenvalue weighted by Gasteiger charge is -2.03. The van der Waals surface area contributed by atoms with E-state index in [1.807, 2.05) is 0 Å². The average Bonchev–Trinajstić information content (AvgIpc) is 2.17. The lowest BCUT2D eigenvalue weighted by Crippen LogP contribution is -2.04. The molecule has 1 rings (SSSR count). The summed E-state index contributed by atoms with van der Waals surface area (Å²) in [5.41, 5.74) is 0.382. The molecule has 0 fully saturated rings. The van der Waals surface area contributed by atoms with Gasteiger partial charge in [0.05, 0.1) is 6.61 Å². The predicted octanol–water partition coefficient (Wildman–Crippen LogP) is 1.38. The molecule has 0 aliphatic heterocycles. The molecular formula is C10H10O4. The molecule has 1 aromatic carbocycles. The number of carbonyl (C=O) groups is 2. The fraction of sp³-hybridized carbons (Fsp3) is 0.200. The van der Waals surface area contributed by atoms with Gasteiger partial charge < -0.3 is 9.84 Å². The van der Waals surface area contributed by atoms with E-state index >= 15 is 0 Å². The van der Waals surface area contributed by atoms with Crippen LogP contribution < -0.4 is 0 Å². The zero-order chi connectivity index (χ0) is 10.6. The monoisotopic (exact) mass is 194 g/mol. The standard InChI is InChI=1S/C10H10O4/c1-2-14-10(13)8-4-3-7(6-11)5-9(8)12/h3-6,12H,2H2,1H3. The Labute approximate surface area is 81.1 Å². The van der Waals surface area contributed by atoms with Crippen molar-refractivity contribution in [1.29, 1.82) is 0 Å². The van der Waals surface area contributed by atoms with Crippen molar-refractivity contribution in [3.63, 3.8) is 0 Å². The van der Waals surface area contributed by atoms with Crippen molar-refractivity contribution in [3.8, 4) is 5.75 Å². The third-order valence-electron chi connectivity index (χ3n) is 1.65. The Morgan fingerprint density at radius 2 is 2.29 bits per heavy atom. The Kier molecular flexibility index (Phi) is 3.23. The first-order chi connectivity index (χ1) is 6.69. The molecule has 1 N–H and O–H groups in total. The smallest absolute Gasteiger partial charge is 0.341 e. The Morgan fingerprint density at radius 1 is 1.57 bits per heavy atom. The molecule has 0 saturated heterocycles. The molecule has 0 aliphatic rings. The Hall–Kier alpha value is -1.84. The van der Waals surface area contributed by atoms with Gasteiger partial charge in [0, 0.05) is 5.56 Å². The van der Waals surface area contributed by atoms with Crippen LogP contribution in [0.1, 0.15) is 27.6 Å². The van der Waals surface area contributed by atoms with E-state index in [2.05, 4.69) is 0 Å². The number of phenolic OH excluding ortho intramolecular Hbond substituents is 1. The molecular weight excluding hydrogens is 184 g/mol. The first-order valence-electron chi connectivity index (χ1n) is 4.14. The number of benzene rings is 1. The van der Waals surface area contributed by atoms with Crippen molar-refractivity contribution in [1.82, 2.24) is 0 Å². The van der Waals surface area contributed by atoms with Crippen LogP contribution in [0, 0.1) is 0 Å². The Balaban J connectivity index is 2.99. The molecule has 0 unspecified atom stereocenters. The number of rotatable bonds is 3. The van der Waals surface area contributed by atoms with Crippen molar-refractivity contribution in [2.45, 2.75) is 6.92 Å². The van der Waals surface area contributed by atoms with Crippen LogP contribution in [-0.2, 0) is 4.74 Å². The summed E-state index contributed by atoms with van der Waals surface area (Å²) in [6.07, 6.45) is 0.592. The number of ether oxygens (including phenoxy) is 1. The van der Waals surface area contributed by atoms with Gasteiger partial charge in [-0.2, -0.15) is 0 Å². The van der Waals surface area contributed by atoms with Gasteiger partial charge in [-0.3, -0.25) is 4.79 Å². The number of carbonyl (C=O) groups excluding carboxylic acids is 2. The van der Waals surface area contributed by atoms with Gasteiger partial charge in [0.1, 0.15) is 17.6 Å². The van der Waals surface area contributed by atoms with Gasteiger partial charge in [0.25, 0.3) is 0 Å². The molecule has 0 heterocycles. The molecule has 74 valence electrons. The van der Waals surface area contributed by atoms with Crippen LogP contribution in [0.25, 0.3) is 0 Å². The van der Waals surface area contributed by atoms with Crippen molar-refractivity contribution in [3.05, 3.63) is 29.3 Å². The summed E-state index contributed by atoms with van der Waals surface area (Å²) in [5.74, 6) is -0.838. The normalized spacial score (nSPS) is 9.50. The van der Waals surface area contributed by atoms with Gasteiger partial charge >= 0.3 is 5.97 Å². The minimum absolute atomic E-state index is 0.0671.